The van der Waals surface area contributed by atoms with E-state index in [1.165, 1.54) is 23.5 Å². The van der Waals surface area contributed by atoms with Gasteiger partial charge in [-0.1, -0.05) is 27.3 Å². The predicted octanol–water partition coefficient (Wildman–Crippen LogP) is 3.96. The molecule has 0 saturated carbocycles. The summed E-state index contributed by atoms with van der Waals surface area (Å²) in [4.78, 5) is 30.6. The second-order valence-electron chi connectivity index (χ2n) is 7.70. The number of nitrogen functional groups attached to an aromatic ring is 1. The van der Waals surface area contributed by atoms with Crippen molar-refractivity contribution in [2.75, 3.05) is 43.4 Å². The molecule has 1 aliphatic rings. The van der Waals surface area contributed by atoms with E-state index in [4.69, 9.17) is 15.5 Å². The molecule has 0 aliphatic carbocycles. The van der Waals surface area contributed by atoms with Gasteiger partial charge in [0.2, 0.25) is 5.95 Å². The maximum Gasteiger partial charge on any atom is 0.260 e. The van der Waals surface area contributed by atoms with E-state index in [0.29, 0.717) is 48.1 Å². The Bertz CT molecular complexity index is 1320. The minimum absolute atomic E-state index is 0.0144. The molecule has 8 nitrogen and oxygen atoms in total. The number of carbonyl (C=O) groups excluding carboxylic acids is 1. The highest BCUT2D eigenvalue weighted by Gasteiger charge is 2.25. The highest BCUT2D eigenvalue weighted by molar-refractivity contribution is 9.10. The monoisotopic (exact) mass is 542 g/mol. The average Bonchev–Trinajstić information content (AvgIpc) is 3.27. The number of anilines is 2. The predicted molar refractivity (Wildman–Crippen MR) is 133 cm³/mol. The van der Waals surface area contributed by atoms with Crippen LogP contribution in [0.25, 0.3) is 20.9 Å². The number of fused-ring (bicyclic) bond motifs is 1. The highest BCUT2D eigenvalue weighted by Crippen LogP contribution is 2.34. The summed E-state index contributed by atoms with van der Waals surface area (Å²) in [6.45, 7) is 2.21. The lowest BCUT2D eigenvalue weighted by molar-refractivity contribution is -0.133. The standard InChI is InChI=1S/C23H20BrFN6O2S/c24-15-3-7-17(8-4-15)33-13-18(32)30-9-11-31(12-10-30)20-19-22(29-23(26)28-20)34-21(27-19)14-1-5-16(25)6-2-14/h1-8H,9-13H2,(H2,26,28,29). The van der Waals surface area contributed by atoms with Gasteiger partial charge in [-0.3, -0.25) is 4.79 Å². The number of ether oxygens (including phenoxy) is 1. The zero-order valence-electron chi connectivity index (χ0n) is 17.9. The van der Waals surface area contributed by atoms with Crippen molar-refractivity contribution in [2.45, 2.75) is 0 Å². The molecule has 5 rings (SSSR count). The quantitative estimate of drug-likeness (QED) is 0.407. The molecule has 0 bridgehead atoms. The van der Waals surface area contributed by atoms with Crippen LogP contribution in [0.1, 0.15) is 0 Å². The van der Waals surface area contributed by atoms with Crippen LogP contribution in [-0.4, -0.2) is 58.5 Å². The van der Waals surface area contributed by atoms with Gasteiger partial charge in [-0.15, -0.1) is 0 Å². The number of halogens is 2. The first-order valence-electron chi connectivity index (χ1n) is 10.6. The summed E-state index contributed by atoms with van der Waals surface area (Å²) in [5.74, 6) is 1.09. The van der Waals surface area contributed by atoms with Gasteiger partial charge < -0.3 is 20.3 Å². The number of hydrogen-bond donors (Lipinski definition) is 1. The van der Waals surface area contributed by atoms with E-state index in [-0.39, 0.29) is 24.3 Å². The van der Waals surface area contributed by atoms with Crippen LogP contribution in [0.15, 0.2) is 53.0 Å². The Hall–Kier alpha value is -3.31. The third kappa shape index (κ3) is 4.80. The van der Waals surface area contributed by atoms with Crippen molar-refractivity contribution in [3.8, 4) is 16.3 Å². The van der Waals surface area contributed by atoms with Crippen LogP contribution in [0.5, 0.6) is 5.75 Å². The zero-order chi connectivity index (χ0) is 23.7. The number of rotatable bonds is 5. The molecule has 2 N–H and O–H groups in total. The molecule has 4 aromatic rings. The van der Waals surface area contributed by atoms with Gasteiger partial charge >= 0.3 is 0 Å². The maximum absolute atomic E-state index is 13.3. The second kappa shape index (κ2) is 9.51. The van der Waals surface area contributed by atoms with Crippen molar-refractivity contribution in [3.05, 3.63) is 58.8 Å². The molecule has 3 heterocycles. The molecule has 2 aromatic heterocycles. The third-order valence-corrected chi connectivity index (χ3v) is 6.98. The van der Waals surface area contributed by atoms with Gasteiger partial charge in [-0.2, -0.15) is 4.98 Å². The fourth-order valence-electron chi connectivity index (χ4n) is 3.70. The van der Waals surface area contributed by atoms with Crippen molar-refractivity contribution in [2.24, 2.45) is 0 Å². The Balaban J connectivity index is 1.28. The summed E-state index contributed by atoms with van der Waals surface area (Å²) in [6.07, 6.45) is 0. The molecule has 0 radical (unpaired) electrons. The van der Waals surface area contributed by atoms with Crippen LogP contribution in [0, 0.1) is 5.82 Å². The number of hydrogen-bond acceptors (Lipinski definition) is 8. The van der Waals surface area contributed by atoms with Crippen LogP contribution < -0.4 is 15.4 Å². The highest BCUT2D eigenvalue weighted by atomic mass is 79.9. The largest absolute Gasteiger partial charge is 0.484 e. The Morgan fingerprint density at radius 3 is 2.44 bits per heavy atom. The topological polar surface area (TPSA) is 97.5 Å². The number of benzene rings is 2. The van der Waals surface area contributed by atoms with Crippen LogP contribution in [0.3, 0.4) is 0 Å². The fourth-order valence-corrected chi connectivity index (χ4v) is 4.91. The number of amides is 1. The van der Waals surface area contributed by atoms with Crippen molar-refractivity contribution < 1.29 is 13.9 Å². The molecule has 1 saturated heterocycles. The number of aromatic nitrogens is 3. The van der Waals surface area contributed by atoms with Crippen LogP contribution in [0.4, 0.5) is 16.2 Å². The number of carbonyl (C=O) groups is 1. The minimum Gasteiger partial charge on any atom is -0.484 e. The average molecular weight is 543 g/mol. The maximum atomic E-state index is 13.3. The van der Waals surface area contributed by atoms with Gasteiger partial charge in [0.1, 0.15) is 22.1 Å². The Morgan fingerprint density at radius 1 is 1.03 bits per heavy atom. The lowest BCUT2D eigenvalue weighted by atomic mass is 10.2. The SMILES string of the molecule is Nc1nc(N2CCN(C(=O)COc3ccc(Br)cc3)CC2)c2nc(-c3ccc(F)cc3)sc2n1. The number of piperazine rings is 1. The van der Waals surface area contributed by atoms with Gasteiger partial charge in [0, 0.05) is 36.2 Å². The summed E-state index contributed by atoms with van der Waals surface area (Å²) >= 11 is 4.76. The number of nitrogens with zero attached hydrogens (tertiary/aromatic N) is 5. The van der Waals surface area contributed by atoms with E-state index in [1.54, 1.807) is 17.0 Å². The van der Waals surface area contributed by atoms with E-state index < -0.39 is 0 Å². The summed E-state index contributed by atoms with van der Waals surface area (Å²) in [5, 5.41) is 0.718. The Kier molecular flexibility index (Phi) is 6.29. The molecule has 1 aliphatic heterocycles. The van der Waals surface area contributed by atoms with E-state index in [9.17, 15) is 9.18 Å². The van der Waals surface area contributed by atoms with Gasteiger partial charge in [-0.25, -0.2) is 14.4 Å². The summed E-state index contributed by atoms with van der Waals surface area (Å²) in [5.41, 5.74) is 7.43. The summed E-state index contributed by atoms with van der Waals surface area (Å²) in [7, 11) is 0. The first-order chi connectivity index (χ1) is 16.5. The molecular formula is C23H20BrFN6O2S. The normalized spacial score (nSPS) is 13.9. The first-order valence-corrected chi connectivity index (χ1v) is 12.2. The molecule has 0 atom stereocenters. The molecule has 2 aromatic carbocycles. The van der Waals surface area contributed by atoms with Crippen LogP contribution >= 0.6 is 27.3 Å². The Morgan fingerprint density at radius 2 is 1.74 bits per heavy atom. The molecule has 174 valence electrons. The van der Waals surface area contributed by atoms with Crippen LogP contribution in [-0.2, 0) is 4.79 Å². The van der Waals surface area contributed by atoms with Crippen molar-refractivity contribution in [3.63, 3.8) is 0 Å². The third-order valence-electron chi connectivity index (χ3n) is 5.46. The van der Waals surface area contributed by atoms with E-state index >= 15 is 0 Å². The van der Waals surface area contributed by atoms with Gasteiger partial charge in [0.25, 0.3) is 5.91 Å². The van der Waals surface area contributed by atoms with E-state index in [2.05, 4.69) is 30.8 Å². The number of thiazole rings is 1. The lowest BCUT2D eigenvalue weighted by Crippen LogP contribution is -2.50. The Labute approximate surface area is 207 Å². The summed E-state index contributed by atoms with van der Waals surface area (Å²) < 4.78 is 19.9. The van der Waals surface area contributed by atoms with Gasteiger partial charge in [0.05, 0.1) is 0 Å². The van der Waals surface area contributed by atoms with Crippen molar-refractivity contribution in [1.82, 2.24) is 19.9 Å². The van der Waals surface area contributed by atoms with E-state index in [0.717, 1.165) is 15.0 Å². The van der Waals surface area contributed by atoms with E-state index in [1.807, 2.05) is 24.3 Å². The second-order valence-corrected chi connectivity index (χ2v) is 9.59. The minimum atomic E-state index is -0.302. The molecule has 11 heteroatoms. The molecule has 1 amide bonds. The summed E-state index contributed by atoms with van der Waals surface area (Å²) in [6, 6.07) is 13.5. The van der Waals surface area contributed by atoms with Crippen molar-refractivity contribution in [1.29, 1.82) is 0 Å². The first kappa shape index (κ1) is 22.5. The van der Waals surface area contributed by atoms with Crippen LogP contribution in [0.2, 0.25) is 0 Å². The molecule has 0 spiro atoms. The molecule has 1 fully saturated rings. The van der Waals surface area contributed by atoms with Gasteiger partial charge in [-0.05, 0) is 48.5 Å². The smallest absolute Gasteiger partial charge is 0.260 e. The van der Waals surface area contributed by atoms with Crippen molar-refractivity contribution >= 4 is 55.3 Å². The number of nitrogens with two attached hydrogens (primary N) is 1. The lowest BCUT2D eigenvalue weighted by Gasteiger charge is -2.35. The molecule has 34 heavy (non-hydrogen) atoms. The molecule has 0 unspecified atom stereocenters. The molecular weight excluding hydrogens is 523 g/mol. The fraction of sp³-hybridized carbons (Fsp3) is 0.217. The van der Waals surface area contributed by atoms with Gasteiger partial charge in [0.15, 0.2) is 17.3 Å². The zero-order valence-corrected chi connectivity index (χ0v) is 20.4.